The molecule has 1 saturated carbocycles. The van der Waals surface area contributed by atoms with Gasteiger partial charge >= 0.3 is 6.18 Å². The topological polar surface area (TPSA) is 101 Å². The van der Waals surface area contributed by atoms with E-state index in [1.807, 2.05) is 11.9 Å². The number of aliphatic imine (C=N–C) groups is 1. The predicted molar refractivity (Wildman–Crippen MR) is 164 cm³/mol. The number of amidine groups is 1. The second-order valence-electron chi connectivity index (χ2n) is 11.1. The van der Waals surface area contributed by atoms with Crippen molar-refractivity contribution >= 4 is 51.7 Å². The van der Waals surface area contributed by atoms with Crippen LogP contribution < -0.4 is 26.2 Å². The molecule has 14 heteroatoms. The monoisotopic (exact) mass is 629 g/mol. The first-order chi connectivity index (χ1) is 21.0. The maximum atomic E-state index is 14.8. The molecule has 1 aliphatic carbocycles. The van der Waals surface area contributed by atoms with Gasteiger partial charge in [0.05, 0.1) is 27.4 Å². The molecule has 1 saturated heterocycles. The van der Waals surface area contributed by atoms with E-state index in [9.17, 15) is 27.2 Å². The van der Waals surface area contributed by atoms with Crippen molar-refractivity contribution in [3.8, 4) is 0 Å². The number of halogens is 4. The molecular weight excluding hydrogens is 598 g/mol. The number of hydrogen-bond donors (Lipinski definition) is 4. The second kappa shape index (κ2) is 12.1. The highest BCUT2D eigenvalue weighted by molar-refractivity contribution is 7.13. The van der Waals surface area contributed by atoms with Crippen LogP contribution in [0.5, 0.6) is 0 Å². The summed E-state index contributed by atoms with van der Waals surface area (Å²) in [6, 6.07) is 7.26. The minimum Gasteiger partial charge on any atom is -0.370 e. The van der Waals surface area contributed by atoms with E-state index >= 15 is 0 Å². The zero-order valence-corrected chi connectivity index (χ0v) is 24.7. The molecule has 2 aliphatic heterocycles. The maximum absolute atomic E-state index is 14.8. The van der Waals surface area contributed by atoms with Gasteiger partial charge < -0.3 is 31.1 Å². The SMILES string of the molecule is CN1CCCN(c2cc(C(=O)Nc3ccc(F)c(NC(=O)c4csc5c4NCN=C5NC4CC4)c3)cc(C(F)(F)F)c2)CC1. The van der Waals surface area contributed by atoms with Crippen LogP contribution in [0.1, 0.15) is 50.4 Å². The van der Waals surface area contributed by atoms with Crippen LogP contribution in [0, 0.1) is 5.82 Å². The van der Waals surface area contributed by atoms with Gasteiger partial charge in [0, 0.05) is 48.0 Å². The summed E-state index contributed by atoms with van der Waals surface area (Å²) in [5.74, 6) is -1.37. The van der Waals surface area contributed by atoms with Gasteiger partial charge in [-0.25, -0.2) is 9.38 Å². The van der Waals surface area contributed by atoms with Crippen molar-refractivity contribution in [1.29, 1.82) is 0 Å². The Hall–Kier alpha value is -4.17. The van der Waals surface area contributed by atoms with Crippen molar-refractivity contribution in [2.45, 2.75) is 31.5 Å². The summed E-state index contributed by atoms with van der Waals surface area (Å²) in [5.41, 5.74) is 0.0312. The normalized spacial score (nSPS) is 17.2. The zero-order chi connectivity index (χ0) is 31.0. The number of hydrogen-bond acceptors (Lipinski definition) is 8. The number of thiophene rings is 1. The van der Waals surface area contributed by atoms with E-state index in [0.717, 1.165) is 54.7 Å². The smallest absolute Gasteiger partial charge is 0.370 e. The van der Waals surface area contributed by atoms with Crippen LogP contribution in [0.4, 0.5) is 40.3 Å². The van der Waals surface area contributed by atoms with Crippen LogP contribution in [-0.4, -0.2) is 68.5 Å². The number of rotatable bonds is 6. The standard InChI is InChI=1S/C30H31F4N7O2S/c1-40-7-2-8-41(10-9-40)21-12-17(11-18(13-21)30(32,33)34)28(42)38-20-5-6-23(31)24(14-20)39-29(43)22-15-44-26-25(22)35-16-36-27(26)37-19-3-4-19/h5-6,11-15,19,35H,2-4,7-10,16H2,1H3,(H,36,37)(H,38,42)(H,39,43). The van der Waals surface area contributed by atoms with Gasteiger partial charge in [0.1, 0.15) is 18.3 Å². The lowest BCUT2D eigenvalue weighted by Crippen LogP contribution is -2.30. The number of nitrogens with zero attached hydrogens (tertiary/aromatic N) is 3. The van der Waals surface area contributed by atoms with Crippen LogP contribution in [0.25, 0.3) is 0 Å². The van der Waals surface area contributed by atoms with Crippen LogP contribution in [0.2, 0.25) is 0 Å². The first-order valence-electron chi connectivity index (χ1n) is 14.3. The fourth-order valence-corrected chi connectivity index (χ4v) is 6.16. The molecule has 2 aromatic carbocycles. The van der Waals surface area contributed by atoms with Crippen LogP contribution in [-0.2, 0) is 6.18 Å². The fourth-order valence-electron chi connectivity index (χ4n) is 5.16. The number of carbonyl (C=O) groups is 2. The Balaban J connectivity index is 1.20. The summed E-state index contributed by atoms with van der Waals surface area (Å²) in [6.07, 6.45) is -1.75. The molecular formula is C30H31F4N7O2S. The molecule has 2 amide bonds. The van der Waals surface area contributed by atoms with Crippen molar-refractivity contribution in [3.63, 3.8) is 0 Å². The minimum absolute atomic E-state index is 0.107. The van der Waals surface area contributed by atoms with Crippen molar-refractivity contribution in [2.75, 3.05) is 60.7 Å². The van der Waals surface area contributed by atoms with Gasteiger partial charge in [-0.15, -0.1) is 11.3 Å². The number of benzene rings is 2. The second-order valence-corrected chi connectivity index (χ2v) is 12.0. The van der Waals surface area contributed by atoms with Gasteiger partial charge in [-0.1, -0.05) is 0 Å². The Bertz CT molecular complexity index is 1620. The van der Waals surface area contributed by atoms with Gasteiger partial charge in [-0.3, -0.25) is 9.59 Å². The average Bonchev–Trinajstić information content (AvgIpc) is 3.74. The molecule has 6 rings (SSSR count). The Morgan fingerprint density at radius 3 is 2.61 bits per heavy atom. The van der Waals surface area contributed by atoms with Gasteiger partial charge in [-0.05, 0) is 69.3 Å². The summed E-state index contributed by atoms with van der Waals surface area (Å²) in [5, 5.41) is 13.2. The summed E-state index contributed by atoms with van der Waals surface area (Å²) < 4.78 is 56.2. The Kier molecular flexibility index (Phi) is 8.20. The van der Waals surface area contributed by atoms with Gasteiger partial charge in [0.2, 0.25) is 0 Å². The van der Waals surface area contributed by atoms with E-state index in [2.05, 4.69) is 31.2 Å². The number of alkyl halides is 3. The minimum atomic E-state index is -4.66. The molecule has 0 atom stereocenters. The predicted octanol–water partition coefficient (Wildman–Crippen LogP) is 5.43. The van der Waals surface area contributed by atoms with Crippen molar-refractivity contribution in [3.05, 3.63) is 69.2 Å². The van der Waals surface area contributed by atoms with Crippen molar-refractivity contribution < 1.29 is 27.2 Å². The highest BCUT2D eigenvalue weighted by Gasteiger charge is 2.33. The van der Waals surface area contributed by atoms with E-state index in [4.69, 9.17) is 0 Å². The van der Waals surface area contributed by atoms with Crippen molar-refractivity contribution in [1.82, 2.24) is 10.2 Å². The number of anilines is 4. The Labute approximate surface area is 255 Å². The number of carbonyl (C=O) groups excluding carboxylic acids is 2. The summed E-state index contributed by atoms with van der Waals surface area (Å²) in [4.78, 5) is 35.6. The molecule has 3 heterocycles. The maximum Gasteiger partial charge on any atom is 0.416 e. The molecule has 0 spiro atoms. The first kappa shape index (κ1) is 29.9. The molecule has 0 bridgehead atoms. The molecule has 232 valence electrons. The lowest BCUT2D eigenvalue weighted by atomic mass is 10.1. The Morgan fingerprint density at radius 2 is 1.84 bits per heavy atom. The molecule has 44 heavy (non-hydrogen) atoms. The van der Waals surface area contributed by atoms with E-state index in [0.29, 0.717) is 49.3 Å². The van der Waals surface area contributed by atoms with Crippen molar-refractivity contribution in [2.24, 2.45) is 4.99 Å². The lowest BCUT2D eigenvalue weighted by Gasteiger charge is -2.24. The molecule has 4 N–H and O–H groups in total. The molecule has 9 nitrogen and oxygen atoms in total. The van der Waals surface area contributed by atoms with Gasteiger partial charge in [-0.2, -0.15) is 13.2 Å². The summed E-state index contributed by atoms with van der Waals surface area (Å²) in [6.45, 7) is 2.87. The molecule has 0 unspecified atom stereocenters. The molecule has 3 aromatic rings. The lowest BCUT2D eigenvalue weighted by molar-refractivity contribution is -0.137. The van der Waals surface area contributed by atoms with Gasteiger partial charge in [0.25, 0.3) is 11.8 Å². The number of fused-ring (bicyclic) bond motifs is 1. The summed E-state index contributed by atoms with van der Waals surface area (Å²) in [7, 11) is 1.96. The largest absolute Gasteiger partial charge is 0.416 e. The van der Waals surface area contributed by atoms with Crippen LogP contribution in [0.3, 0.4) is 0 Å². The van der Waals surface area contributed by atoms with E-state index in [1.165, 1.54) is 29.5 Å². The van der Waals surface area contributed by atoms with E-state index in [1.54, 1.807) is 5.38 Å². The third-order valence-corrected chi connectivity index (χ3v) is 8.71. The summed E-state index contributed by atoms with van der Waals surface area (Å²) >= 11 is 1.34. The number of likely N-dealkylation sites (N-methyl/N-ethyl adjacent to an activating group) is 1. The third kappa shape index (κ3) is 6.65. The fraction of sp³-hybridized carbons (Fsp3) is 0.367. The molecule has 3 aliphatic rings. The quantitative estimate of drug-likeness (QED) is 0.271. The average molecular weight is 630 g/mol. The van der Waals surface area contributed by atoms with Crippen LogP contribution >= 0.6 is 11.3 Å². The highest BCUT2D eigenvalue weighted by atomic mass is 32.1. The van der Waals surface area contributed by atoms with E-state index in [-0.39, 0.29) is 16.9 Å². The molecule has 1 aromatic heterocycles. The number of nitrogens with one attached hydrogen (secondary N) is 4. The van der Waals surface area contributed by atoms with Gasteiger partial charge in [0.15, 0.2) is 0 Å². The zero-order valence-electron chi connectivity index (χ0n) is 23.9. The number of amides is 2. The Morgan fingerprint density at radius 1 is 1.02 bits per heavy atom. The van der Waals surface area contributed by atoms with Crippen LogP contribution in [0.15, 0.2) is 46.8 Å². The third-order valence-electron chi connectivity index (χ3n) is 7.73. The first-order valence-corrected chi connectivity index (χ1v) is 15.2. The highest BCUT2D eigenvalue weighted by Crippen LogP contribution is 2.35. The molecule has 2 fully saturated rings. The van der Waals surface area contributed by atoms with E-state index < -0.39 is 29.4 Å². The molecule has 0 radical (unpaired) electrons.